The molecular weight excluding hydrogens is 310 g/mol. The van der Waals surface area contributed by atoms with Crippen LogP contribution < -0.4 is 5.32 Å². The molecule has 2 aromatic rings. The lowest BCUT2D eigenvalue weighted by Gasteiger charge is -2.26. The molecule has 0 aliphatic carbocycles. The zero-order chi connectivity index (χ0) is 17.6. The molecule has 25 heavy (non-hydrogen) atoms. The molecule has 2 aromatic carbocycles. The number of hydrogen-bond donors (Lipinski definition) is 2. The van der Waals surface area contributed by atoms with Gasteiger partial charge in [-0.2, -0.15) is 5.26 Å². The Balaban J connectivity index is 1.57. The van der Waals surface area contributed by atoms with Crippen LogP contribution in [0.5, 0.6) is 0 Å². The summed E-state index contributed by atoms with van der Waals surface area (Å²) in [5.74, 6) is 0. The summed E-state index contributed by atoms with van der Waals surface area (Å²) >= 11 is 0. The molecule has 3 atom stereocenters. The molecule has 1 heterocycles. The molecule has 1 fully saturated rings. The lowest BCUT2D eigenvalue weighted by atomic mass is 10.1. The Morgan fingerprint density at radius 1 is 1.20 bits per heavy atom. The number of aliphatic hydroxyl groups is 1. The fourth-order valence-electron chi connectivity index (χ4n) is 3.46. The zero-order valence-corrected chi connectivity index (χ0v) is 14.6. The van der Waals surface area contributed by atoms with Crippen LogP contribution in [0, 0.1) is 11.3 Å². The summed E-state index contributed by atoms with van der Waals surface area (Å²) in [5, 5.41) is 22.6. The molecule has 0 spiro atoms. The maximum atomic E-state index is 10.1. The van der Waals surface area contributed by atoms with Crippen molar-refractivity contribution in [3.8, 4) is 6.07 Å². The smallest absolute Gasteiger partial charge is 0.0991 e. The number of aliphatic hydroxyl groups excluding tert-OH is 1. The van der Waals surface area contributed by atoms with Gasteiger partial charge in [0.1, 0.15) is 0 Å². The highest BCUT2D eigenvalue weighted by Gasteiger charge is 2.30. The Morgan fingerprint density at radius 3 is 2.60 bits per heavy atom. The normalized spacial score (nSPS) is 21.8. The number of likely N-dealkylation sites (tertiary alicyclic amines) is 1. The molecule has 3 rings (SSSR count). The van der Waals surface area contributed by atoms with Crippen molar-refractivity contribution in [3.05, 3.63) is 71.3 Å². The van der Waals surface area contributed by atoms with Crippen molar-refractivity contribution in [1.82, 2.24) is 10.2 Å². The Bertz CT molecular complexity index is 708. The standard InChI is InChI=1S/C21H25N3O/c1-16(19-9-7-17(12-22)8-10-19)23-13-20-11-21(25)15-24(20)14-18-5-3-2-4-6-18/h2-10,16,20-21,23,25H,11,13-15H2,1H3. The monoisotopic (exact) mass is 335 g/mol. The first kappa shape index (κ1) is 17.6. The van der Waals surface area contributed by atoms with Crippen LogP contribution in [0.3, 0.4) is 0 Å². The Labute approximate surface area is 149 Å². The Hall–Kier alpha value is -2.19. The summed E-state index contributed by atoms with van der Waals surface area (Å²) in [6, 6.07) is 20.8. The summed E-state index contributed by atoms with van der Waals surface area (Å²) in [6.45, 7) is 4.57. The Kier molecular flexibility index (Phi) is 5.83. The summed E-state index contributed by atoms with van der Waals surface area (Å²) in [7, 11) is 0. The van der Waals surface area contributed by atoms with E-state index >= 15 is 0 Å². The molecule has 2 N–H and O–H groups in total. The minimum atomic E-state index is -0.249. The van der Waals surface area contributed by atoms with Crippen LogP contribution in [0.1, 0.15) is 36.1 Å². The van der Waals surface area contributed by atoms with E-state index < -0.39 is 0 Å². The van der Waals surface area contributed by atoms with Gasteiger partial charge in [0, 0.05) is 31.7 Å². The van der Waals surface area contributed by atoms with E-state index in [0.717, 1.165) is 26.1 Å². The number of benzene rings is 2. The molecule has 1 aliphatic rings. The number of nitrogens with one attached hydrogen (secondary N) is 1. The highest BCUT2D eigenvalue weighted by molar-refractivity contribution is 5.32. The molecule has 1 saturated heterocycles. The van der Waals surface area contributed by atoms with Gasteiger partial charge in [0.15, 0.2) is 0 Å². The largest absolute Gasteiger partial charge is 0.392 e. The van der Waals surface area contributed by atoms with Crippen molar-refractivity contribution in [2.45, 2.75) is 38.1 Å². The van der Waals surface area contributed by atoms with Crippen LogP contribution in [0.25, 0.3) is 0 Å². The molecular formula is C21H25N3O. The summed E-state index contributed by atoms with van der Waals surface area (Å²) < 4.78 is 0. The van der Waals surface area contributed by atoms with E-state index in [4.69, 9.17) is 5.26 Å². The van der Waals surface area contributed by atoms with Crippen molar-refractivity contribution in [2.24, 2.45) is 0 Å². The van der Waals surface area contributed by atoms with Gasteiger partial charge in [-0.3, -0.25) is 4.90 Å². The van der Waals surface area contributed by atoms with E-state index in [1.807, 2.05) is 30.3 Å². The van der Waals surface area contributed by atoms with E-state index in [9.17, 15) is 5.11 Å². The van der Waals surface area contributed by atoms with Crippen LogP contribution in [0.15, 0.2) is 54.6 Å². The minimum Gasteiger partial charge on any atom is -0.392 e. The van der Waals surface area contributed by atoms with E-state index in [0.29, 0.717) is 11.6 Å². The number of hydrogen-bond acceptors (Lipinski definition) is 4. The van der Waals surface area contributed by atoms with Crippen LogP contribution >= 0.6 is 0 Å². The van der Waals surface area contributed by atoms with Gasteiger partial charge in [-0.15, -0.1) is 0 Å². The maximum absolute atomic E-state index is 10.1. The van der Waals surface area contributed by atoms with Crippen LogP contribution in [0.4, 0.5) is 0 Å². The van der Waals surface area contributed by atoms with Gasteiger partial charge in [0.2, 0.25) is 0 Å². The van der Waals surface area contributed by atoms with Crippen LogP contribution in [-0.4, -0.2) is 35.2 Å². The van der Waals surface area contributed by atoms with Gasteiger partial charge in [0.05, 0.1) is 17.7 Å². The molecule has 0 aromatic heterocycles. The predicted molar refractivity (Wildman–Crippen MR) is 98.8 cm³/mol. The third-order valence-corrected chi connectivity index (χ3v) is 4.93. The van der Waals surface area contributed by atoms with Gasteiger partial charge in [-0.1, -0.05) is 42.5 Å². The van der Waals surface area contributed by atoms with Crippen molar-refractivity contribution in [2.75, 3.05) is 13.1 Å². The second-order valence-electron chi connectivity index (χ2n) is 6.82. The van der Waals surface area contributed by atoms with Gasteiger partial charge in [0.25, 0.3) is 0 Å². The molecule has 0 bridgehead atoms. The molecule has 4 heteroatoms. The topological polar surface area (TPSA) is 59.3 Å². The predicted octanol–water partition coefficient (Wildman–Crippen LogP) is 2.84. The lowest BCUT2D eigenvalue weighted by Crippen LogP contribution is -2.38. The Morgan fingerprint density at radius 2 is 1.92 bits per heavy atom. The van der Waals surface area contributed by atoms with Gasteiger partial charge < -0.3 is 10.4 Å². The highest BCUT2D eigenvalue weighted by atomic mass is 16.3. The van der Waals surface area contributed by atoms with Gasteiger partial charge >= 0.3 is 0 Å². The average Bonchev–Trinajstić information content (AvgIpc) is 3.00. The second-order valence-corrected chi connectivity index (χ2v) is 6.82. The van der Waals surface area contributed by atoms with E-state index in [2.05, 4.69) is 47.5 Å². The number of β-amino-alcohol motifs (C(OH)–C–C–N with tert-alkyl or cyclic N) is 1. The molecule has 130 valence electrons. The third kappa shape index (κ3) is 4.67. The summed E-state index contributed by atoms with van der Waals surface area (Å²) in [5.41, 5.74) is 3.14. The highest BCUT2D eigenvalue weighted by Crippen LogP contribution is 2.21. The minimum absolute atomic E-state index is 0.212. The number of nitriles is 1. The number of rotatable bonds is 6. The first-order valence-electron chi connectivity index (χ1n) is 8.85. The van der Waals surface area contributed by atoms with Crippen molar-refractivity contribution in [3.63, 3.8) is 0 Å². The summed E-state index contributed by atoms with van der Waals surface area (Å²) in [4.78, 5) is 2.36. The molecule has 1 aliphatic heterocycles. The zero-order valence-electron chi connectivity index (χ0n) is 14.6. The van der Waals surface area contributed by atoms with Crippen molar-refractivity contribution >= 4 is 0 Å². The molecule has 0 radical (unpaired) electrons. The SMILES string of the molecule is CC(NCC1CC(O)CN1Cc1ccccc1)c1ccc(C#N)cc1. The lowest BCUT2D eigenvalue weighted by molar-refractivity contribution is 0.172. The fourth-order valence-corrected chi connectivity index (χ4v) is 3.46. The van der Waals surface area contributed by atoms with E-state index in [1.165, 1.54) is 11.1 Å². The average molecular weight is 335 g/mol. The van der Waals surface area contributed by atoms with Gasteiger partial charge in [-0.05, 0) is 36.6 Å². The summed E-state index contributed by atoms with van der Waals surface area (Å²) in [6.07, 6.45) is 0.556. The van der Waals surface area contributed by atoms with Crippen LogP contribution in [0.2, 0.25) is 0 Å². The molecule has 3 unspecified atom stereocenters. The quantitative estimate of drug-likeness (QED) is 0.852. The molecule has 4 nitrogen and oxygen atoms in total. The van der Waals surface area contributed by atoms with E-state index in [-0.39, 0.29) is 12.1 Å². The fraction of sp³-hybridized carbons (Fsp3) is 0.381. The van der Waals surface area contributed by atoms with Crippen LogP contribution in [-0.2, 0) is 6.54 Å². The maximum Gasteiger partial charge on any atom is 0.0991 e. The first-order chi connectivity index (χ1) is 12.2. The molecule has 0 saturated carbocycles. The van der Waals surface area contributed by atoms with E-state index in [1.54, 1.807) is 0 Å². The third-order valence-electron chi connectivity index (χ3n) is 4.93. The second kappa shape index (κ2) is 8.26. The molecule has 0 amide bonds. The van der Waals surface area contributed by atoms with Crippen molar-refractivity contribution < 1.29 is 5.11 Å². The number of nitrogens with zero attached hydrogens (tertiary/aromatic N) is 2. The first-order valence-corrected chi connectivity index (χ1v) is 8.85. The van der Waals surface area contributed by atoms with Gasteiger partial charge in [-0.25, -0.2) is 0 Å². The van der Waals surface area contributed by atoms with Crippen molar-refractivity contribution in [1.29, 1.82) is 5.26 Å².